The number of carbonyl (C=O) groups excluding carboxylic acids is 1. The van der Waals surface area contributed by atoms with Crippen molar-refractivity contribution >= 4 is 17.3 Å². The first-order valence-electron chi connectivity index (χ1n) is 6.78. The molecular weight excluding hydrogens is 307 g/mol. The number of nitrogens with two attached hydrogens (primary N) is 1. The fraction of sp³-hybridized carbons (Fsp3) is 0.125. The molecule has 1 atom stereocenters. The molecule has 1 aliphatic rings. The number of carbonyl (C=O) groups is 1. The van der Waals surface area contributed by atoms with Crippen LogP contribution >= 0.6 is 0 Å². The van der Waals surface area contributed by atoms with Gasteiger partial charge in [-0.1, -0.05) is 42.5 Å². The molecule has 4 nitrogen and oxygen atoms in total. The zero-order chi connectivity index (χ0) is 16.6. The van der Waals surface area contributed by atoms with Crippen LogP contribution in [0.3, 0.4) is 0 Å². The Kier molecular flexibility index (Phi) is 3.65. The van der Waals surface area contributed by atoms with E-state index >= 15 is 0 Å². The normalized spacial score (nSPS) is 17.8. The maximum atomic E-state index is 13.2. The second kappa shape index (κ2) is 5.51. The molecule has 0 spiro atoms. The van der Waals surface area contributed by atoms with E-state index in [1.165, 1.54) is 12.1 Å². The number of alkyl halides is 3. The van der Waals surface area contributed by atoms with E-state index < -0.39 is 23.8 Å². The molecule has 0 radical (unpaired) electrons. The Labute approximate surface area is 129 Å². The van der Waals surface area contributed by atoms with Crippen molar-refractivity contribution in [1.82, 2.24) is 0 Å². The maximum absolute atomic E-state index is 13.2. The van der Waals surface area contributed by atoms with Crippen LogP contribution in [0.4, 0.5) is 18.9 Å². The van der Waals surface area contributed by atoms with Crippen molar-refractivity contribution in [1.29, 1.82) is 0 Å². The Bertz CT molecular complexity index is 785. The lowest BCUT2D eigenvalue weighted by Gasteiger charge is -2.16. The predicted molar refractivity (Wildman–Crippen MR) is 80.1 cm³/mol. The highest BCUT2D eigenvalue weighted by Gasteiger charge is 2.37. The van der Waals surface area contributed by atoms with E-state index in [1.54, 1.807) is 30.3 Å². The van der Waals surface area contributed by atoms with E-state index in [4.69, 9.17) is 5.73 Å². The first-order chi connectivity index (χ1) is 10.9. The number of halogens is 3. The lowest BCUT2D eigenvalue weighted by atomic mass is 9.97. The topological polar surface area (TPSA) is 67.5 Å². The van der Waals surface area contributed by atoms with Crippen molar-refractivity contribution in [2.75, 3.05) is 5.32 Å². The van der Waals surface area contributed by atoms with E-state index in [9.17, 15) is 18.0 Å². The van der Waals surface area contributed by atoms with Crippen LogP contribution in [0.15, 0.2) is 53.5 Å². The molecule has 0 aliphatic carbocycles. The van der Waals surface area contributed by atoms with Gasteiger partial charge < -0.3 is 11.1 Å². The SMILES string of the molecule is NC1N=C(c2ccccc2)c2cccc(C(F)(F)F)c2NC1=O. The van der Waals surface area contributed by atoms with Gasteiger partial charge in [0.15, 0.2) is 6.17 Å². The summed E-state index contributed by atoms with van der Waals surface area (Å²) in [6, 6.07) is 12.3. The molecule has 0 aromatic heterocycles. The third kappa shape index (κ3) is 2.83. The number of hydrogen-bond donors (Lipinski definition) is 2. The molecule has 0 fully saturated rings. The Balaban J connectivity index is 2.27. The summed E-state index contributed by atoms with van der Waals surface area (Å²) in [6.07, 6.45) is -5.88. The molecular formula is C16H12F3N3O. The fourth-order valence-electron chi connectivity index (χ4n) is 2.41. The zero-order valence-corrected chi connectivity index (χ0v) is 11.8. The van der Waals surface area contributed by atoms with Crippen molar-refractivity contribution in [2.24, 2.45) is 10.7 Å². The van der Waals surface area contributed by atoms with Crippen LogP contribution in [0.5, 0.6) is 0 Å². The van der Waals surface area contributed by atoms with E-state index in [1.807, 2.05) is 0 Å². The summed E-state index contributed by atoms with van der Waals surface area (Å²) in [4.78, 5) is 16.0. The molecule has 7 heteroatoms. The molecule has 3 N–H and O–H groups in total. The van der Waals surface area contributed by atoms with Gasteiger partial charge in [0.2, 0.25) is 0 Å². The van der Waals surface area contributed by atoms with Gasteiger partial charge in [0, 0.05) is 11.1 Å². The minimum absolute atomic E-state index is 0.187. The molecule has 23 heavy (non-hydrogen) atoms. The highest BCUT2D eigenvalue weighted by molar-refractivity contribution is 6.20. The van der Waals surface area contributed by atoms with Crippen molar-refractivity contribution in [3.63, 3.8) is 0 Å². The number of benzene rings is 2. The number of fused-ring (bicyclic) bond motifs is 1. The average Bonchev–Trinajstić information content (AvgIpc) is 2.64. The number of nitrogens with zero attached hydrogens (tertiary/aromatic N) is 1. The number of amides is 1. The quantitative estimate of drug-likeness (QED) is 0.849. The summed E-state index contributed by atoms with van der Waals surface area (Å²) >= 11 is 0. The van der Waals surface area contributed by atoms with E-state index in [0.29, 0.717) is 5.56 Å². The fourth-order valence-corrected chi connectivity index (χ4v) is 2.41. The van der Waals surface area contributed by atoms with Gasteiger partial charge in [0.25, 0.3) is 5.91 Å². The number of rotatable bonds is 1. The van der Waals surface area contributed by atoms with Gasteiger partial charge in [-0.2, -0.15) is 13.2 Å². The van der Waals surface area contributed by atoms with E-state index in [0.717, 1.165) is 6.07 Å². The highest BCUT2D eigenvalue weighted by atomic mass is 19.4. The monoisotopic (exact) mass is 319 g/mol. The van der Waals surface area contributed by atoms with Crippen LogP contribution in [0, 0.1) is 0 Å². The van der Waals surface area contributed by atoms with Crippen molar-refractivity contribution in [3.05, 3.63) is 65.2 Å². The molecule has 1 aliphatic heterocycles. The minimum Gasteiger partial charge on any atom is -0.322 e. The van der Waals surface area contributed by atoms with E-state index in [2.05, 4.69) is 10.3 Å². The molecule has 0 saturated carbocycles. The molecule has 0 bridgehead atoms. The first-order valence-corrected chi connectivity index (χ1v) is 6.78. The number of para-hydroxylation sites is 1. The number of anilines is 1. The van der Waals surface area contributed by atoms with Gasteiger partial charge in [-0.3, -0.25) is 9.79 Å². The molecule has 118 valence electrons. The minimum atomic E-state index is -4.60. The standard InChI is InChI=1S/C16H12F3N3O/c17-16(18,19)11-8-4-7-10-12(9-5-2-1-3-6-9)21-14(20)15(23)22-13(10)11/h1-8,14H,20H2,(H,22,23). The second-order valence-electron chi connectivity index (χ2n) is 5.00. The van der Waals surface area contributed by atoms with Crippen LogP contribution in [0.25, 0.3) is 0 Å². The van der Waals surface area contributed by atoms with Crippen molar-refractivity contribution < 1.29 is 18.0 Å². The summed E-state index contributed by atoms with van der Waals surface area (Å²) in [6.45, 7) is 0. The second-order valence-corrected chi connectivity index (χ2v) is 5.00. The Morgan fingerprint density at radius 2 is 1.74 bits per heavy atom. The van der Waals surface area contributed by atoms with Gasteiger partial charge >= 0.3 is 6.18 Å². The van der Waals surface area contributed by atoms with Crippen LogP contribution in [0.2, 0.25) is 0 Å². The molecule has 1 heterocycles. The lowest BCUT2D eigenvalue weighted by Crippen LogP contribution is -2.33. The maximum Gasteiger partial charge on any atom is 0.418 e. The summed E-state index contributed by atoms with van der Waals surface area (Å²) < 4.78 is 39.7. The van der Waals surface area contributed by atoms with Gasteiger partial charge in [-0.05, 0) is 6.07 Å². The summed E-state index contributed by atoms with van der Waals surface area (Å²) in [5, 5.41) is 2.25. The van der Waals surface area contributed by atoms with Crippen LogP contribution < -0.4 is 11.1 Å². The zero-order valence-electron chi connectivity index (χ0n) is 11.8. The predicted octanol–water partition coefficient (Wildman–Crippen LogP) is 2.78. The van der Waals surface area contributed by atoms with Crippen molar-refractivity contribution in [3.8, 4) is 0 Å². The largest absolute Gasteiger partial charge is 0.418 e. The summed E-state index contributed by atoms with van der Waals surface area (Å²) in [7, 11) is 0. The molecule has 2 aromatic rings. The number of benzodiazepines with no additional fused rings is 1. The third-order valence-electron chi connectivity index (χ3n) is 3.46. The number of aliphatic imine (C=N–C) groups is 1. The average molecular weight is 319 g/mol. The third-order valence-corrected chi connectivity index (χ3v) is 3.46. The van der Waals surface area contributed by atoms with Crippen LogP contribution in [-0.4, -0.2) is 17.8 Å². The highest BCUT2D eigenvalue weighted by Crippen LogP contribution is 2.38. The number of hydrogen-bond acceptors (Lipinski definition) is 3. The van der Waals surface area contributed by atoms with Crippen LogP contribution in [-0.2, 0) is 11.0 Å². The van der Waals surface area contributed by atoms with Crippen molar-refractivity contribution in [2.45, 2.75) is 12.3 Å². The number of nitrogens with one attached hydrogen (secondary N) is 1. The Morgan fingerprint density at radius 1 is 1.04 bits per heavy atom. The van der Waals surface area contributed by atoms with Crippen LogP contribution in [0.1, 0.15) is 16.7 Å². The van der Waals surface area contributed by atoms with E-state index in [-0.39, 0.29) is 17.0 Å². The molecule has 1 unspecified atom stereocenters. The van der Waals surface area contributed by atoms with Gasteiger partial charge in [0.05, 0.1) is 17.0 Å². The van der Waals surface area contributed by atoms with Gasteiger partial charge in [0.1, 0.15) is 0 Å². The summed E-state index contributed by atoms with van der Waals surface area (Å²) in [5.41, 5.74) is 5.43. The molecule has 0 saturated heterocycles. The first kappa shape index (κ1) is 15.2. The Hall–Kier alpha value is -2.67. The molecule has 2 aromatic carbocycles. The lowest BCUT2D eigenvalue weighted by molar-refractivity contribution is -0.137. The summed E-state index contributed by atoms with van der Waals surface area (Å²) in [5.74, 6) is -0.783. The smallest absolute Gasteiger partial charge is 0.322 e. The van der Waals surface area contributed by atoms with Gasteiger partial charge in [-0.25, -0.2) is 0 Å². The molecule has 3 rings (SSSR count). The molecule has 1 amide bonds. The Morgan fingerprint density at radius 3 is 2.39 bits per heavy atom. The van der Waals surface area contributed by atoms with Gasteiger partial charge in [-0.15, -0.1) is 0 Å².